The molecule has 1 unspecified atom stereocenters. The molecule has 0 amide bonds. The van der Waals surface area contributed by atoms with Crippen molar-refractivity contribution < 1.29 is 29.8 Å². The fourth-order valence-electron chi connectivity index (χ4n) is 3.81. The Morgan fingerprint density at radius 1 is 1.09 bits per heavy atom. The van der Waals surface area contributed by atoms with Crippen LogP contribution in [0.1, 0.15) is 51.3 Å². The maximum absolute atomic E-state index is 14.3. The molecule has 178 valence electrons. The predicted octanol–water partition coefficient (Wildman–Crippen LogP) is 5.18. The number of rotatable bonds is 4. The smallest absolute Gasteiger partial charge is 0.0531 e. The number of nitrogens with zero attached hydrogens (tertiary/aromatic N) is 5. The van der Waals surface area contributed by atoms with Gasteiger partial charge in [-0.15, -0.1) is 17.8 Å². The van der Waals surface area contributed by atoms with Crippen molar-refractivity contribution in [3.8, 4) is 17.1 Å². The average Bonchev–Trinajstić information content (AvgIpc) is 3.23. The predicted molar refractivity (Wildman–Crippen MR) is 119 cm³/mol. The summed E-state index contributed by atoms with van der Waals surface area (Å²) >= 11 is 0. The molecule has 0 radical (unpaired) electrons. The van der Waals surface area contributed by atoms with Crippen molar-refractivity contribution in [3.05, 3.63) is 95.7 Å². The summed E-state index contributed by atoms with van der Waals surface area (Å²) in [5.74, 6) is 1.13. The van der Waals surface area contributed by atoms with E-state index in [9.17, 15) is 8.78 Å². The summed E-state index contributed by atoms with van der Waals surface area (Å²) in [5.41, 5.74) is 1.73. The molecule has 3 heterocycles. The van der Waals surface area contributed by atoms with Crippen LogP contribution in [0.15, 0.2) is 48.5 Å². The third kappa shape index (κ3) is 4.41. The molecule has 3 aromatic heterocycles. The number of benzene rings is 1. The number of halogens is 2. The first-order valence-electron chi connectivity index (χ1n) is 10.7. The van der Waals surface area contributed by atoms with E-state index in [1.807, 2.05) is 51.1 Å². The van der Waals surface area contributed by atoms with Gasteiger partial charge in [0.2, 0.25) is 0 Å². The molecule has 4 aromatic rings. The number of hydrogen-bond acceptors (Lipinski definition) is 4. The quantitative estimate of drug-likeness (QED) is 0.290. The molecule has 1 atom stereocenters. The summed E-state index contributed by atoms with van der Waals surface area (Å²) in [6.45, 7) is 8.23. The van der Waals surface area contributed by atoms with Gasteiger partial charge in [0.05, 0.1) is 5.82 Å². The molecule has 1 aromatic carbocycles. The second-order valence-electron chi connectivity index (χ2n) is 9.51. The molecule has 0 spiro atoms. The molecule has 0 N–H and O–H groups in total. The molecule has 1 aliphatic carbocycles. The fourth-order valence-corrected chi connectivity index (χ4v) is 3.81. The van der Waals surface area contributed by atoms with Crippen LogP contribution in [0.4, 0.5) is 8.78 Å². The minimum absolute atomic E-state index is 0. The first-order chi connectivity index (χ1) is 15.6. The van der Waals surface area contributed by atoms with Gasteiger partial charge in [0.1, 0.15) is 0 Å². The van der Waals surface area contributed by atoms with Gasteiger partial charge in [-0.1, -0.05) is 63.9 Å². The van der Waals surface area contributed by atoms with Crippen LogP contribution in [0.5, 0.6) is 0 Å². The summed E-state index contributed by atoms with van der Waals surface area (Å²) in [5, 5.41) is 4.53. The Morgan fingerprint density at radius 2 is 1.85 bits per heavy atom. The van der Waals surface area contributed by atoms with Crippen LogP contribution >= 0.6 is 0 Å². The first kappa shape index (κ1) is 24.2. The molecule has 1 saturated carbocycles. The Morgan fingerprint density at radius 3 is 2.56 bits per heavy atom. The second-order valence-corrected chi connectivity index (χ2v) is 9.51. The maximum atomic E-state index is 14.3. The van der Waals surface area contributed by atoms with Crippen LogP contribution in [0.3, 0.4) is 0 Å². The molecule has 5 rings (SSSR count). The van der Waals surface area contributed by atoms with Gasteiger partial charge in [-0.3, -0.25) is 8.78 Å². The van der Waals surface area contributed by atoms with Crippen LogP contribution in [0, 0.1) is 29.9 Å². The van der Waals surface area contributed by atoms with Crippen molar-refractivity contribution in [2.75, 3.05) is 0 Å². The first-order valence-corrected chi connectivity index (χ1v) is 10.7. The van der Waals surface area contributed by atoms with E-state index in [0.29, 0.717) is 17.3 Å². The molecule has 0 bridgehead atoms. The van der Waals surface area contributed by atoms with Crippen molar-refractivity contribution in [3.63, 3.8) is 0 Å². The number of aromatic nitrogens is 5. The van der Waals surface area contributed by atoms with E-state index in [0.717, 1.165) is 35.9 Å². The minimum atomic E-state index is -0.683. The van der Waals surface area contributed by atoms with Gasteiger partial charge in [0, 0.05) is 50.5 Å². The average molecular weight is 638 g/mol. The van der Waals surface area contributed by atoms with Crippen molar-refractivity contribution in [2.24, 2.45) is 0 Å². The topological polar surface area (TPSA) is 56.5 Å². The summed E-state index contributed by atoms with van der Waals surface area (Å²) in [7, 11) is 0. The van der Waals surface area contributed by atoms with Gasteiger partial charge in [-0.2, -0.15) is 18.1 Å². The summed E-state index contributed by atoms with van der Waals surface area (Å²) in [6.07, 6.45) is 3.69. The Labute approximate surface area is 212 Å². The molecule has 1 aliphatic rings. The monoisotopic (exact) mass is 637 g/mol. The SMILES string of the molecule is CC(C)(C)c1n[c-]n(-c2cccc([C-]3CC3(C)c3cccc(-c4[c-]cc(F)cc4F)n3)n2)n1.[Pt]. The standard InChI is InChI=1S/C26H22F2N5.Pt/c1-25(2,3)24-29-15-33(32-24)23-10-6-8-21(31-23)18-14-26(18,4)22-9-5-7-20(30-22)17-12-11-16(27)13-19(17)28;/h5-11,13H,14H2,1-4H3;/q-3;. The third-order valence-electron chi connectivity index (χ3n) is 5.88. The van der Waals surface area contributed by atoms with Gasteiger partial charge in [-0.05, 0) is 22.6 Å². The molecular weight excluding hydrogens is 615 g/mol. The van der Waals surface area contributed by atoms with Crippen molar-refractivity contribution in [2.45, 2.75) is 44.9 Å². The molecular formula is C26H22F2N5Pt-3. The maximum Gasteiger partial charge on any atom is 0.0531 e. The zero-order valence-corrected chi connectivity index (χ0v) is 21.4. The molecule has 34 heavy (non-hydrogen) atoms. The molecule has 8 heteroatoms. The van der Waals surface area contributed by atoms with E-state index in [1.54, 1.807) is 10.7 Å². The van der Waals surface area contributed by atoms with Crippen LogP contribution in [0.25, 0.3) is 17.1 Å². The molecule has 0 saturated heterocycles. The van der Waals surface area contributed by atoms with Crippen LogP contribution < -0.4 is 0 Å². The van der Waals surface area contributed by atoms with Crippen LogP contribution in [-0.2, 0) is 31.9 Å². The van der Waals surface area contributed by atoms with Gasteiger partial charge in [0.15, 0.2) is 0 Å². The van der Waals surface area contributed by atoms with Crippen LogP contribution in [-0.4, -0.2) is 24.7 Å². The van der Waals surface area contributed by atoms with E-state index in [2.05, 4.69) is 34.4 Å². The molecule has 0 aliphatic heterocycles. The zero-order valence-electron chi connectivity index (χ0n) is 19.1. The second kappa shape index (κ2) is 8.70. The summed E-state index contributed by atoms with van der Waals surface area (Å²) in [4.78, 5) is 13.8. The Bertz CT molecular complexity index is 1350. The fraction of sp³-hybridized carbons (Fsp3) is 0.269. The summed E-state index contributed by atoms with van der Waals surface area (Å²) in [6, 6.07) is 15.8. The van der Waals surface area contributed by atoms with Crippen LogP contribution in [0.2, 0.25) is 0 Å². The van der Waals surface area contributed by atoms with Gasteiger partial charge < -0.3 is 19.6 Å². The van der Waals surface area contributed by atoms with Crippen molar-refractivity contribution in [1.29, 1.82) is 0 Å². The van der Waals surface area contributed by atoms with Gasteiger partial charge in [0.25, 0.3) is 0 Å². The van der Waals surface area contributed by atoms with E-state index < -0.39 is 11.6 Å². The minimum Gasteiger partial charge on any atom is -0.349 e. The Balaban J connectivity index is 0.00000274. The molecule has 5 nitrogen and oxygen atoms in total. The van der Waals surface area contributed by atoms with E-state index in [-0.39, 0.29) is 37.5 Å². The largest absolute Gasteiger partial charge is 0.349 e. The molecule has 1 fully saturated rings. The van der Waals surface area contributed by atoms with Crippen molar-refractivity contribution >= 4 is 0 Å². The van der Waals surface area contributed by atoms with E-state index in [4.69, 9.17) is 4.98 Å². The van der Waals surface area contributed by atoms with Gasteiger partial charge in [-0.25, -0.2) is 5.10 Å². The van der Waals surface area contributed by atoms with E-state index in [1.165, 1.54) is 0 Å². The Hall–Kier alpha value is -2.92. The number of hydrogen-bond donors (Lipinski definition) is 0. The normalized spacial score (nSPS) is 17.4. The van der Waals surface area contributed by atoms with Crippen molar-refractivity contribution in [1.82, 2.24) is 24.7 Å². The third-order valence-corrected chi connectivity index (χ3v) is 5.88. The Kier molecular flexibility index (Phi) is 6.19. The zero-order chi connectivity index (χ0) is 23.4. The van der Waals surface area contributed by atoms with Gasteiger partial charge >= 0.3 is 0 Å². The van der Waals surface area contributed by atoms with E-state index >= 15 is 0 Å². The summed E-state index contributed by atoms with van der Waals surface area (Å²) < 4.78 is 29.1. The number of pyridine rings is 2.